The van der Waals surface area contributed by atoms with Crippen LogP contribution in [0.2, 0.25) is 0 Å². The average Bonchev–Trinajstić information content (AvgIpc) is 3.29. The number of hydrogen-bond acceptors (Lipinski definition) is 6. The summed E-state index contributed by atoms with van der Waals surface area (Å²) in [5.41, 5.74) is 5.25. The first-order chi connectivity index (χ1) is 15.0. The number of benzene rings is 2. The van der Waals surface area contributed by atoms with Gasteiger partial charge in [-0.15, -0.1) is 5.10 Å². The quantitative estimate of drug-likeness (QED) is 0.520. The number of tetrazole rings is 1. The summed E-state index contributed by atoms with van der Waals surface area (Å²) in [5.74, 6) is 0.536. The van der Waals surface area contributed by atoms with Crippen molar-refractivity contribution in [2.24, 2.45) is 0 Å². The lowest BCUT2D eigenvalue weighted by atomic mass is 10.00. The van der Waals surface area contributed by atoms with Gasteiger partial charge >= 0.3 is 0 Å². The molecule has 0 radical (unpaired) electrons. The van der Waals surface area contributed by atoms with Crippen molar-refractivity contribution in [2.45, 2.75) is 33.2 Å². The van der Waals surface area contributed by atoms with Gasteiger partial charge in [0.1, 0.15) is 0 Å². The molecule has 8 nitrogen and oxygen atoms in total. The van der Waals surface area contributed by atoms with Crippen LogP contribution in [0.5, 0.6) is 0 Å². The number of aryl methyl sites for hydroxylation is 2. The van der Waals surface area contributed by atoms with Gasteiger partial charge in [0, 0.05) is 18.2 Å². The van der Waals surface area contributed by atoms with Crippen molar-refractivity contribution >= 4 is 5.91 Å². The monoisotopic (exact) mass is 413 g/mol. The highest BCUT2D eigenvalue weighted by atomic mass is 16.1. The third-order valence-corrected chi connectivity index (χ3v) is 5.11. The van der Waals surface area contributed by atoms with Crippen LogP contribution in [-0.2, 0) is 6.42 Å². The lowest BCUT2D eigenvalue weighted by Gasteiger charge is -2.15. The van der Waals surface area contributed by atoms with Crippen LogP contribution < -0.4 is 5.32 Å². The Morgan fingerprint density at radius 3 is 2.58 bits per heavy atom. The van der Waals surface area contributed by atoms with E-state index in [0.29, 0.717) is 12.0 Å². The van der Waals surface area contributed by atoms with Gasteiger partial charge in [0.25, 0.3) is 5.91 Å². The summed E-state index contributed by atoms with van der Waals surface area (Å²) in [7, 11) is 0. The molecular formula is C23H23N7O. The fraction of sp³-hybridized carbons (Fsp3) is 0.217. The van der Waals surface area contributed by atoms with Crippen LogP contribution >= 0.6 is 0 Å². The molecule has 156 valence electrons. The van der Waals surface area contributed by atoms with Gasteiger partial charge in [-0.25, -0.2) is 0 Å². The fourth-order valence-corrected chi connectivity index (χ4v) is 3.32. The van der Waals surface area contributed by atoms with Crippen LogP contribution in [0.25, 0.3) is 16.8 Å². The molecule has 1 unspecified atom stereocenters. The summed E-state index contributed by atoms with van der Waals surface area (Å²) in [6, 6.07) is 15.5. The zero-order valence-corrected chi connectivity index (χ0v) is 17.6. The maximum Gasteiger partial charge on any atom is 0.251 e. The van der Waals surface area contributed by atoms with Crippen LogP contribution in [0.3, 0.4) is 0 Å². The standard InChI is InChI=1S/C23H23N7O/c1-4-22-27-28-29-30(22)21-12-19(17-7-5-15(2)6-8-17)11-20(13-21)23(31)26-16(3)18-9-10-24-25-14-18/h5-14,16H,4H2,1-3H3,(H,26,31). The van der Waals surface area contributed by atoms with E-state index in [4.69, 9.17) is 0 Å². The molecule has 2 heterocycles. The normalized spacial score (nSPS) is 11.8. The van der Waals surface area contributed by atoms with Crippen molar-refractivity contribution in [3.8, 4) is 16.8 Å². The van der Waals surface area contributed by atoms with E-state index < -0.39 is 0 Å². The Hall–Kier alpha value is -3.94. The highest BCUT2D eigenvalue weighted by Crippen LogP contribution is 2.25. The zero-order chi connectivity index (χ0) is 21.8. The highest BCUT2D eigenvalue weighted by Gasteiger charge is 2.16. The number of amides is 1. The second-order valence-electron chi connectivity index (χ2n) is 7.37. The van der Waals surface area contributed by atoms with Crippen LogP contribution in [0.15, 0.2) is 60.9 Å². The first kappa shape index (κ1) is 20.3. The molecule has 0 saturated carbocycles. The Morgan fingerprint density at radius 2 is 1.87 bits per heavy atom. The molecule has 1 atom stereocenters. The lowest BCUT2D eigenvalue weighted by molar-refractivity contribution is 0.0940. The van der Waals surface area contributed by atoms with E-state index in [-0.39, 0.29) is 11.9 Å². The fourth-order valence-electron chi connectivity index (χ4n) is 3.32. The smallest absolute Gasteiger partial charge is 0.251 e. The number of carbonyl (C=O) groups is 1. The van der Waals surface area contributed by atoms with Gasteiger partial charge in [0.05, 0.1) is 17.9 Å². The van der Waals surface area contributed by atoms with Gasteiger partial charge in [-0.05, 0) is 65.2 Å². The molecule has 2 aromatic heterocycles. The number of nitrogens with zero attached hydrogens (tertiary/aromatic N) is 6. The first-order valence-corrected chi connectivity index (χ1v) is 10.1. The minimum Gasteiger partial charge on any atom is -0.345 e. The summed E-state index contributed by atoms with van der Waals surface area (Å²) in [6.45, 7) is 5.95. The van der Waals surface area contributed by atoms with E-state index in [1.165, 1.54) is 5.56 Å². The maximum atomic E-state index is 13.1. The molecule has 0 saturated heterocycles. The molecule has 0 spiro atoms. The second kappa shape index (κ2) is 8.83. The SMILES string of the molecule is CCc1nnnn1-c1cc(C(=O)NC(C)c2ccnnc2)cc(-c2ccc(C)cc2)c1. The molecule has 0 fully saturated rings. The predicted molar refractivity (Wildman–Crippen MR) is 117 cm³/mol. The first-order valence-electron chi connectivity index (χ1n) is 10.1. The molecule has 1 N–H and O–H groups in total. The van der Waals surface area contributed by atoms with E-state index >= 15 is 0 Å². The average molecular weight is 413 g/mol. The molecule has 31 heavy (non-hydrogen) atoms. The van der Waals surface area contributed by atoms with E-state index in [2.05, 4.69) is 43.2 Å². The molecule has 0 aliphatic carbocycles. The van der Waals surface area contributed by atoms with Gasteiger partial charge < -0.3 is 5.32 Å². The molecule has 2 aromatic carbocycles. The topological polar surface area (TPSA) is 98.5 Å². The third kappa shape index (κ3) is 4.48. The number of nitrogens with one attached hydrogen (secondary N) is 1. The van der Waals surface area contributed by atoms with Crippen LogP contribution in [0.4, 0.5) is 0 Å². The Labute approximate surface area is 180 Å². The van der Waals surface area contributed by atoms with E-state index in [1.807, 2.05) is 51.1 Å². The number of hydrogen-bond donors (Lipinski definition) is 1. The van der Waals surface area contributed by atoms with Gasteiger partial charge in [0.2, 0.25) is 0 Å². The summed E-state index contributed by atoms with van der Waals surface area (Å²) in [5, 5.41) is 22.7. The lowest BCUT2D eigenvalue weighted by Crippen LogP contribution is -2.27. The molecule has 0 bridgehead atoms. The highest BCUT2D eigenvalue weighted by molar-refractivity contribution is 5.96. The van der Waals surface area contributed by atoms with Crippen LogP contribution in [0.1, 0.15) is 47.2 Å². The molecule has 0 aliphatic heterocycles. The van der Waals surface area contributed by atoms with Gasteiger partial charge in [-0.1, -0.05) is 36.8 Å². The Balaban J connectivity index is 1.74. The van der Waals surface area contributed by atoms with Crippen molar-refractivity contribution in [1.82, 2.24) is 35.7 Å². The van der Waals surface area contributed by atoms with Gasteiger partial charge in [0.15, 0.2) is 5.82 Å². The molecular weight excluding hydrogens is 390 g/mol. The van der Waals surface area contributed by atoms with Gasteiger partial charge in [-0.2, -0.15) is 14.9 Å². The third-order valence-electron chi connectivity index (χ3n) is 5.11. The molecule has 1 amide bonds. The predicted octanol–water partition coefficient (Wildman–Crippen LogP) is 3.48. The zero-order valence-electron chi connectivity index (χ0n) is 17.6. The second-order valence-corrected chi connectivity index (χ2v) is 7.37. The summed E-state index contributed by atoms with van der Waals surface area (Å²) < 4.78 is 1.67. The van der Waals surface area contributed by atoms with Crippen molar-refractivity contribution < 1.29 is 4.79 Å². The van der Waals surface area contributed by atoms with Gasteiger partial charge in [-0.3, -0.25) is 4.79 Å². The Morgan fingerprint density at radius 1 is 1.06 bits per heavy atom. The Bertz CT molecular complexity index is 1190. The largest absolute Gasteiger partial charge is 0.345 e. The molecule has 8 heteroatoms. The van der Waals surface area contributed by atoms with Crippen molar-refractivity contribution in [1.29, 1.82) is 0 Å². The molecule has 4 aromatic rings. The molecule has 4 rings (SSSR count). The van der Waals surface area contributed by atoms with Crippen LogP contribution in [-0.4, -0.2) is 36.3 Å². The minimum atomic E-state index is -0.214. The van der Waals surface area contributed by atoms with Crippen molar-refractivity contribution in [2.75, 3.05) is 0 Å². The van der Waals surface area contributed by atoms with Crippen LogP contribution in [0, 0.1) is 6.92 Å². The van der Waals surface area contributed by atoms with Crippen molar-refractivity contribution in [3.63, 3.8) is 0 Å². The van der Waals surface area contributed by atoms with Crippen molar-refractivity contribution in [3.05, 3.63) is 83.4 Å². The summed E-state index contributed by atoms with van der Waals surface area (Å²) in [4.78, 5) is 13.1. The number of carbonyl (C=O) groups excluding carboxylic acids is 1. The summed E-state index contributed by atoms with van der Waals surface area (Å²) in [6.07, 6.45) is 3.93. The number of aromatic nitrogens is 6. The summed E-state index contributed by atoms with van der Waals surface area (Å²) >= 11 is 0. The molecule has 0 aliphatic rings. The van der Waals surface area contributed by atoms with E-state index in [1.54, 1.807) is 23.1 Å². The maximum absolute atomic E-state index is 13.1. The Kier molecular flexibility index (Phi) is 5.79. The van der Waals surface area contributed by atoms with E-state index in [0.717, 1.165) is 28.2 Å². The number of rotatable bonds is 6. The van der Waals surface area contributed by atoms with E-state index in [9.17, 15) is 4.79 Å². The minimum absolute atomic E-state index is 0.189.